The molecule has 3 heterocycles. The number of pyridine rings is 1. The molecule has 0 unspecified atom stereocenters. The molecule has 1 amide bonds. The molecular formula is C37H45N5O2. The summed E-state index contributed by atoms with van der Waals surface area (Å²) >= 11 is 0. The number of rotatable bonds is 8. The van der Waals surface area contributed by atoms with Gasteiger partial charge in [-0.05, 0) is 75.6 Å². The topological polar surface area (TPSA) is 60.8 Å². The molecule has 2 fully saturated rings. The molecule has 0 spiro atoms. The van der Waals surface area contributed by atoms with Gasteiger partial charge in [-0.25, -0.2) is 0 Å². The lowest BCUT2D eigenvalue weighted by molar-refractivity contribution is 0.0609. The summed E-state index contributed by atoms with van der Waals surface area (Å²) in [6.07, 6.45) is 3.20. The number of nitrogens with one attached hydrogen (secondary N) is 1. The van der Waals surface area contributed by atoms with Gasteiger partial charge < -0.3 is 10.2 Å². The molecule has 1 atom stereocenters. The van der Waals surface area contributed by atoms with Crippen LogP contribution in [0.4, 0.5) is 0 Å². The third kappa shape index (κ3) is 6.36. The largest absolute Gasteiger partial charge is 0.345 e. The van der Waals surface area contributed by atoms with E-state index in [0.717, 1.165) is 68.2 Å². The molecule has 7 heteroatoms. The van der Waals surface area contributed by atoms with Crippen molar-refractivity contribution in [2.24, 2.45) is 0 Å². The average molecular weight is 592 g/mol. The van der Waals surface area contributed by atoms with Crippen LogP contribution in [0.5, 0.6) is 0 Å². The van der Waals surface area contributed by atoms with E-state index < -0.39 is 0 Å². The smallest absolute Gasteiger partial charge is 0.263 e. The van der Waals surface area contributed by atoms with Crippen LogP contribution in [0.15, 0.2) is 83.7 Å². The Kier molecular flexibility index (Phi) is 9.26. The number of benzene rings is 3. The lowest BCUT2D eigenvalue weighted by atomic mass is 9.99. The monoisotopic (exact) mass is 591 g/mol. The van der Waals surface area contributed by atoms with Crippen molar-refractivity contribution in [3.05, 3.63) is 112 Å². The van der Waals surface area contributed by atoms with E-state index in [0.29, 0.717) is 28.9 Å². The van der Waals surface area contributed by atoms with Crippen LogP contribution >= 0.6 is 0 Å². The fraction of sp³-hybridized carbons (Fsp3) is 0.405. The Labute approximate surface area is 261 Å². The first-order valence-corrected chi connectivity index (χ1v) is 16.2. The van der Waals surface area contributed by atoms with Crippen molar-refractivity contribution in [1.29, 1.82) is 0 Å². The lowest BCUT2D eigenvalue weighted by Gasteiger charge is -2.42. The molecule has 2 saturated heterocycles. The second-order valence-electron chi connectivity index (χ2n) is 12.5. The summed E-state index contributed by atoms with van der Waals surface area (Å²) in [6, 6.07) is 26.3. The molecule has 0 saturated carbocycles. The predicted molar refractivity (Wildman–Crippen MR) is 179 cm³/mol. The second kappa shape index (κ2) is 13.5. The maximum Gasteiger partial charge on any atom is 0.263 e. The van der Waals surface area contributed by atoms with Gasteiger partial charge in [-0.1, -0.05) is 67.6 Å². The van der Waals surface area contributed by atoms with Crippen LogP contribution in [0.3, 0.4) is 0 Å². The molecule has 1 N–H and O–H groups in total. The maximum absolute atomic E-state index is 14.5. The van der Waals surface area contributed by atoms with Crippen molar-refractivity contribution in [1.82, 2.24) is 24.6 Å². The molecule has 2 aliphatic heterocycles. The number of piperidine rings is 1. The highest BCUT2D eigenvalue weighted by Gasteiger charge is 2.30. The third-order valence-corrected chi connectivity index (χ3v) is 9.58. The van der Waals surface area contributed by atoms with Gasteiger partial charge >= 0.3 is 0 Å². The van der Waals surface area contributed by atoms with E-state index in [9.17, 15) is 9.59 Å². The number of carbonyl (C=O) groups excluding carboxylic acids is 1. The number of hydrogen-bond donors (Lipinski definition) is 1. The molecule has 230 valence electrons. The van der Waals surface area contributed by atoms with Gasteiger partial charge in [0.1, 0.15) is 0 Å². The SMILES string of the molecule is CC[C@H](NC(=O)c1c(CN2CCN(C3CCN(C)CC3)CC2)n(-c2cccc(C)c2)c(=O)c2ccccc12)c1ccccc1. The van der Waals surface area contributed by atoms with Crippen molar-refractivity contribution < 1.29 is 4.79 Å². The van der Waals surface area contributed by atoms with Gasteiger partial charge in [-0.3, -0.25) is 24.0 Å². The van der Waals surface area contributed by atoms with Gasteiger partial charge in [0.05, 0.1) is 17.3 Å². The normalized spacial score (nSPS) is 18.0. The van der Waals surface area contributed by atoms with Crippen LogP contribution in [0.2, 0.25) is 0 Å². The average Bonchev–Trinajstić information content (AvgIpc) is 3.05. The highest BCUT2D eigenvalue weighted by atomic mass is 16.2. The van der Waals surface area contributed by atoms with E-state index in [2.05, 4.69) is 46.1 Å². The molecule has 2 aliphatic rings. The molecule has 1 aromatic heterocycles. The molecule has 7 nitrogen and oxygen atoms in total. The Hall–Kier alpha value is -3.78. The zero-order valence-electron chi connectivity index (χ0n) is 26.3. The molecular weight excluding hydrogens is 546 g/mol. The van der Waals surface area contributed by atoms with Crippen molar-refractivity contribution in [3.63, 3.8) is 0 Å². The number of likely N-dealkylation sites (tertiary alicyclic amines) is 1. The van der Waals surface area contributed by atoms with E-state index in [-0.39, 0.29) is 17.5 Å². The first-order valence-electron chi connectivity index (χ1n) is 16.2. The van der Waals surface area contributed by atoms with Crippen molar-refractivity contribution in [2.45, 2.75) is 51.7 Å². The Morgan fingerprint density at radius 1 is 0.864 bits per heavy atom. The lowest BCUT2D eigenvalue weighted by Crippen LogP contribution is -2.52. The van der Waals surface area contributed by atoms with Crippen molar-refractivity contribution >= 4 is 16.7 Å². The van der Waals surface area contributed by atoms with Crippen molar-refractivity contribution in [2.75, 3.05) is 46.3 Å². The van der Waals surface area contributed by atoms with Gasteiger partial charge in [0.15, 0.2) is 0 Å². The van der Waals surface area contributed by atoms with Crippen molar-refractivity contribution in [3.8, 4) is 5.69 Å². The van der Waals surface area contributed by atoms with E-state index in [1.165, 1.54) is 12.8 Å². The molecule has 6 rings (SSSR count). The third-order valence-electron chi connectivity index (χ3n) is 9.58. The predicted octanol–water partition coefficient (Wildman–Crippen LogP) is 5.39. The summed E-state index contributed by atoms with van der Waals surface area (Å²) in [6.45, 7) is 10.8. The zero-order valence-corrected chi connectivity index (χ0v) is 26.3. The van der Waals surface area contributed by atoms with Crippen LogP contribution in [-0.2, 0) is 6.54 Å². The Bertz CT molecular complexity index is 1650. The molecule has 0 radical (unpaired) electrons. The maximum atomic E-state index is 14.5. The van der Waals surface area contributed by atoms with Gasteiger partial charge in [0.2, 0.25) is 0 Å². The van der Waals surface area contributed by atoms with Crippen LogP contribution < -0.4 is 10.9 Å². The number of aryl methyl sites for hydroxylation is 1. The molecule has 0 bridgehead atoms. The van der Waals surface area contributed by atoms with Gasteiger partial charge in [-0.15, -0.1) is 0 Å². The van der Waals surface area contributed by atoms with Gasteiger partial charge in [-0.2, -0.15) is 0 Å². The Morgan fingerprint density at radius 2 is 1.55 bits per heavy atom. The van der Waals surface area contributed by atoms with E-state index in [1.807, 2.05) is 73.7 Å². The molecule has 0 aliphatic carbocycles. The van der Waals surface area contributed by atoms with Crippen LogP contribution in [0, 0.1) is 6.92 Å². The summed E-state index contributed by atoms with van der Waals surface area (Å²) in [5.74, 6) is -0.140. The minimum Gasteiger partial charge on any atom is -0.345 e. The first kappa shape index (κ1) is 30.3. The molecule has 3 aromatic carbocycles. The fourth-order valence-electron chi connectivity index (χ4n) is 7.04. The summed E-state index contributed by atoms with van der Waals surface area (Å²) in [5, 5.41) is 4.62. The van der Waals surface area contributed by atoms with Crippen LogP contribution in [-0.4, -0.2) is 77.5 Å². The number of aromatic nitrogens is 1. The van der Waals surface area contributed by atoms with E-state index >= 15 is 0 Å². The fourth-order valence-corrected chi connectivity index (χ4v) is 7.04. The summed E-state index contributed by atoms with van der Waals surface area (Å²) in [4.78, 5) is 36.2. The van der Waals surface area contributed by atoms with E-state index in [1.54, 1.807) is 4.57 Å². The number of hydrogen-bond acceptors (Lipinski definition) is 5. The number of piperazine rings is 1. The van der Waals surface area contributed by atoms with Crippen LogP contribution in [0.1, 0.15) is 59.4 Å². The first-order chi connectivity index (χ1) is 21.4. The Balaban J connectivity index is 1.40. The number of carbonyl (C=O) groups is 1. The van der Waals surface area contributed by atoms with Crippen LogP contribution in [0.25, 0.3) is 16.5 Å². The molecule has 4 aromatic rings. The second-order valence-corrected chi connectivity index (χ2v) is 12.5. The zero-order chi connectivity index (χ0) is 30.6. The Morgan fingerprint density at radius 3 is 2.23 bits per heavy atom. The van der Waals surface area contributed by atoms with Gasteiger partial charge in [0, 0.05) is 55.2 Å². The highest BCUT2D eigenvalue weighted by molar-refractivity contribution is 6.08. The van der Waals surface area contributed by atoms with E-state index in [4.69, 9.17) is 0 Å². The quantitative estimate of drug-likeness (QED) is 0.298. The standard InChI is InChI=1S/C37H45N5O2/c1-4-33(28-12-6-5-7-13-28)38-36(43)35-31-15-8-9-16-32(31)37(44)42(30-14-10-11-27(2)25-30)34(35)26-40-21-23-41(24-22-40)29-17-19-39(3)20-18-29/h5-16,25,29,33H,4,17-24,26H2,1-3H3,(H,38,43)/t33-/m0/s1. The highest BCUT2D eigenvalue weighted by Crippen LogP contribution is 2.27. The summed E-state index contributed by atoms with van der Waals surface area (Å²) in [5.41, 5.74) is 4.21. The number of amides is 1. The summed E-state index contributed by atoms with van der Waals surface area (Å²) < 4.78 is 1.80. The minimum absolute atomic E-state index is 0.0854. The van der Waals surface area contributed by atoms with Gasteiger partial charge in [0.25, 0.3) is 11.5 Å². The number of nitrogens with zero attached hydrogens (tertiary/aromatic N) is 4. The minimum atomic E-state index is -0.140. The molecule has 44 heavy (non-hydrogen) atoms. The number of fused-ring (bicyclic) bond motifs is 1. The summed E-state index contributed by atoms with van der Waals surface area (Å²) in [7, 11) is 2.21.